The molecule has 0 unspecified atom stereocenters. The summed E-state index contributed by atoms with van der Waals surface area (Å²) in [6.45, 7) is 2.11. The Hall–Kier alpha value is -2.25. The molecular formula is C18H16F2N2O2S. The molecule has 4 rings (SSSR count). The van der Waals surface area contributed by atoms with Crippen LogP contribution < -0.4 is 0 Å². The van der Waals surface area contributed by atoms with Crippen LogP contribution in [-0.2, 0) is 23.0 Å². The van der Waals surface area contributed by atoms with Crippen molar-refractivity contribution in [2.24, 2.45) is 0 Å². The molecule has 2 aromatic carbocycles. The van der Waals surface area contributed by atoms with Gasteiger partial charge >= 0.3 is 0 Å². The molecule has 0 atom stereocenters. The van der Waals surface area contributed by atoms with Gasteiger partial charge in [-0.1, -0.05) is 0 Å². The van der Waals surface area contributed by atoms with Gasteiger partial charge in [0.05, 0.1) is 4.90 Å². The minimum Gasteiger partial charge on any atom is -0.358 e. The van der Waals surface area contributed by atoms with Gasteiger partial charge in [0.25, 0.3) is 0 Å². The fraction of sp³-hybridized carbons (Fsp3) is 0.222. The first-order valence-corrected chi connectivity index (χ1v) is 9.35. The number of hydrogen-bond acceptors (Lipinski definition) is 2. The molecule has 1 N–H and O–H groups in total. The minimum atomic E-state index is -3.73. The van der Waals surface area contributed by atoms with Crippen molar-refractivity contribution in [1.29, 1.82) is 0 Å². The second-order valence-electron chi connectivity index (χ2n) is 6.27. The molecule has 0 saturated carbocycles. The van der Waals surface area contributed by atoms with Crippen molar-refractivity contribution in [1.82, 2.24) is 9.29 Å². The highest BCUT2D eigenvalue weighted by Gasteiger charge is 2.31. The summed E-state index contributed by atoms with van der Waals surface area (Å²) in [5.41, 5.74) is 2.85. The van der Waals surface area contributed by atoms with E-state index in [9.17, 15) is 17.2 Å². The van der Waals surface area contributed by atoms with Crippen LogP contribution in [0.3, 0.4) is 0 Å². The number of hydrogen-bond donors (Lipinski definition) is 1. The number of H-pyrrole nitrogens is 1. The molecule has 1 aromatic heterocycles. The van der Waals surface area contributed by atoms with Gasteiger partial charge in [0.15, 0.2) is 0 Å². The van der Waals surface area contributed by atoms with Crippen molar-refractivity contribution in [3.8, 4) is 0 Å². The highest BCUT2D eigenvalue weighted by Crippen LogP contribution is 2.31. The predicted octanol–water partition coefficient (Wildman–Crippen LogP) is 3.50. The molecule has 25 heavy (non-hydrogen) atoms. The number of aromatic amines is 1. The number of benzene rings is 2. The monoisotopic (exact) mass is 362 g/mol. The number of nitrogens with one attached hydrogen (secondary N) is 1. The smallest absolute Gasteiger partial charge is 0.243 e. The molecule has 0 amide bonds. The van der Waals surface area contributed by atoms with Crippen LogP contribution in [-0.4, -0.2) is 24.3 Å². The van der Waals surface area contributed by atoms with Gasteiger partial charge < -0.3 is 4.98 Å². The van der Waals surface area contributed by atoms with E-state index in [0.717, 1.165) is 22.7 Å². The number of nitrogens with zero attached hydrogens (tertiary/aromatic N) is 1. The molecular weight excluding hydrogens is 346 g/mol. The lowest BCUT2D eigenvalue weighted by Crippen LogP contribution is -2.36. The number of aromatic nitrogens is 1. The van der Waals surface area contributed by atoms with E-state index in [-0.39, 0.29) is 17.3 Å². The Labute approximate surface area is 144 Å². The molecule has 0 fully saturated rings. The third-order valence-electron chi connectivity index (χ3n) is 4.66. The van der Waals surface area contributed by atoms with E-state index in [1.165, 1.54) is 28.6 Å². The van der Waals surface area contributed by atoms with Gasteiger partial charge in [-0.15, -0.1) is 0 Å². The fourth-order valence-corrected chi connectivity index (χ4v) is 5.03. The Morgan fingerprint density at radius 3 is 2.56 bits per heavy atom. The van der Waals surface area contributed by atoms with E-state index < -0.39 is 15.8 Å². The zero-order valence-electron chi connectivity index (χ0n) is 13.5. The van der Waals surface area contributed by atoms with Crippen molar-refractivity contribution in [2.75, 3.05) is 6.54 Å². The topological polar surface area (TPSA) is 53.2 Å². The maximum Gasteiger partial charge on any atom is 0.243 e. The van der Waals surface area contributed by atoms with E-state index in [1.54, 1.807) is 13.0 Å². The zero-order valence-corrected chi connectivity index (χ0v) is 14.3. The summed E-state index contributed by atoms with van der Waals surface area (Å²) in [4.78, 5) is 3.29. The van der Waals surface area contributed by atoms with E-state index in [2.05, 4.69) is 4.98 Å². The average molecular weight is 362 g/mol. The summed E-state index contributed by atoms with van der Waals surface area (Å²) in [6, 6.07) is 8.13. The zero-order chi connectivity index (χ0) is 17.8. The van der Waals surface area contributed by atoms with Crippen molar-refractivity contribution < 1.29 is 17.2 Å². The van der Waals surface area contributed by atoms with Crippen molar-refractivity contribution >= 4 is 20.9 Å². The van der Waals surface area contributed by atoms with Gasteiger partial charge in [-0.05, 0) is 54.4 Å². The number of halogens is 2. The van der Waals surface area contributed by atoms with Gasteiger partial charge in [-0.2, -0.15) is 4.31 Å². The lowest BCUT2D eigenvalue weighted by atomic mass is 10.1. The first-order valence-electron chi connectivity index (χ1n) is 7.91. The summed E-state index contributed by atoms with van der Waals surface area (Å²) in [5, 5.41) is 0.826. The normalized spacial score (nSPS) is 15.5. The summed E-state index contributed by atoms with van der Waals surface area (Å²) in [6.07, 6.45) is 0.519. The highest BCUT2D eigenvalue weighted by molar-refractivity contribution is 7.89. The van der Waals surface area contributed by atoms with Gasteiger partial charge in [-0.3, -0.25) is 0 Å². The average Bonchev–Trinajstić information content (AvgIpc) is 2.90. The second-order valence-corrected chi connectivity index (χ2v) is 8.18. The van der Waals surface area contributed by atoms with Crippen LogP contribution in [0.1, 0.15) is 16.8 Å². The summed E-state index contributed by atoms with van der Waals surface area (Å²) < 4.78 is 54.0. The van der Waals surface area contributed by atoms with Gasteiger partial charge in [0.2, 0.25) is 10.0 Å². The molecule has 0 radical (unpaired) electrons. The summed E-state index contributed by atoms with van der Waals surface area (Å²) in [7, 11) is -3.73. The lowest BCUT2D eigenvalue weighted by molar-refractivity contribution is 0.391. The Morgan fingerprint density at radius 1 is 1.08 bits per heavy atom. The molecule has 0 spiro atoms. The van der Waals surface area contributed by atoms with Crippen molar-refractivity contribution in [2.45, 2.75) is 24.8 Å². The van der Waals surface area contributed by atoms with E-state index in [4.69, 9.17) is 0 Å². The van der Waals surface area contributed by atoms with Crippen LogP contribution >= 0.6 is 0 Å². The highest BCUT2D eigenvalue weighted by atomic mass is 32.2. The number of sulfonamides is 1. The minimum absolute atomic E-state index is 0.114. The Morgan fingerprint density at radius 2 is 1.80 bits per heavy atom. The van der Waals surface area contributed by atoms with Crippen LogP contribution in [0.25, 0.3) is 10.9 Å². The van der Waals surface area contributed by atoms with Gasteiger partial charge in [-0.25, -0.2) is 17.2 Å². The quantitative estimate of drug-likeness (QED) is 0.759. The third kappa shape index (κ3) is 2.63. The molecule has 2 heterocycles. The molecule has 4 nitrogen and oxygen atoms in total. The van der Waals surface area contributed by atoms with Crippen LogP contribution in [0.5, 0.6) is 0 Å². The first kappa shape index (κ1) is 16.2. The second kappa shape index (κ2) is 5.64. The number of fused-ring (bicyclic) bond motifs is 3. The van der Waals surface area contributed by atoms with E-state index in [1.807, 2.05) is 0 Å². The van der Waals surface area contributed by atoms with Crippen LogP contribution in [0, 0.1) is 18.6 Å². The summed E-state index contributed by atoms with van der Waals surface area (Å²) >= 11 is 0. The number of aryl methyl sites for hydroxylation is 1. The molecule has 3 aromatic rings. The fourth-order valence-electron chi connectivity index (χ4n) is 3.42. The molecule has 7 heteroatoms. The van der Waals surface area contributed by atoms with E-state index >= 15 is 0 Å². The predicted molar refractivity (Wildman–Crippen MR) is 90.7 cm³/mol. The van der Waals surface area contributed by atoms with Crippen molar-refractivity contribution in [3.63, 3.8) is 0 Å². The molecule has 0 bridgehead atoms. The maximum atomic E-state index is 13.4. The first-order chi connectivity index (χ1) is 11.9. The molecule has 130 valence electrons. The van der Waals surface area contributed by atoms with Gasteiger partial charge in [0, 0.05) is 36.1 Å². The van der Waals surface area contributed by atoms with Gasteiger partial charge in [0.1, 0.15) is 11.6 Å². The standard InChI is InChI=1S/C18H16F2N2O2S/c1-11-8-12(19)3-5-18(11)25(23,24)22-7-6-16-15(10-22)14-4-2-13(20)9-17(14)21-16/h2-5,8-9,21H,6-7,10H2,1H3. The lowest BCUT2D eigenvalue weighted by Gasteiger charge is -2.27. The Balaban J connectivity index is 1.75. The van der Waals surface area contributed by atoms with E-state index in [0.29, 0.717) is 24.0 Å². The third-order valence-corrected chi connectivity index (χ3v) is 6.66. The SMILES string of the molecule is Cc1cc(F)ccc1S(=O)(=O)N1CCc2[nH]c3cc(F)ccc3c2C1. The largest absolute Gasteiger partial charge is 0.358 e. The Kier molecular flexibility index (Phi) is 3.66. The summed E-state index contributed by atoms with van der Waals surface area (Å²) in [5.74, 6) is -0.798. The molecule has 0 saturated heterocycles. The number of rotatable bonds is 2. The molecule has 1 aliphatic rings. The van der Waals surface area contributed by atoms with Crippen LogP contribution in [0.4, 0.5) is 8.78 Å². The molecule has 1 aliphatic heterocycles. The van der Waals surface area contributed by atoms with Crippen LogP contribution in [0.15, 0.2) is 41.3 Å². The van der Waals surface area contributed by atoms with Crippen molar-refractivity contribution in [3.05, 3.63) is 64.9 Å². The van der Waals surface area contributed by atoms with Crippen LogP contribution in [0.2, 0.25) is 0 Å². The Bertz CT molecular complexity index is 1090. The maximum absolute atomic E-state index is 13.4. The molecule has 0 aliphatic carbocycles.